The van der Waals surface area contributed by atoms with Gasteiger partial charge in [-0.05, 0) is 49.4 Å². The zero-order chi connectivity index (χ0) is 20.6. The van der Waals surface area contributed by atoms with Crippen LogP contribution in [0.4, 0.5) is 0 Å². The van der Waals surface area contributed by atoms with E-state index >= 15 is 0 Å². The van der Waals surface area contributed by atoms with Crippen molar-refractivity contribution in [2.75, 3.05) is 0 Å². The number of rotatable bonds is 8. The minimum Gasteiger partial charge on any atom is -0.352 e. The van der Waals surface area contributed by atoms with E-state index < -0.39 is 6.04 Å². The quantitative estimate of drug-likeness (QED) is 0.616. The Kier molecular flexibility index (Phi) is 7.87. The SMILES string of the molecule is C[C@@H](C(=O)NC1CCCC1)N(Cc1ccc(Br)cc1)C(=O)CCc1ccccc1. The van der Waals surface area contributed by atoms with Gasteiger partial charge in [-0.15, -0.1) is 0 Å². The highest BCUT2D eigenvalue weighted by atomic mass is 79.9. The molecule has 1 atom stereocenters. The maximum atomic E-state index is 13.1. The largest absolute Gasteiger partial charge is 0.352 e. The van der Waals surface area contributed by atoms with E-state index in [1.165, 1.54) is 0 Å². The summed E-state index contributed by atoms with van der Waals surface area (Å²) in [7, 11) is 0. The smallest absolute Gasteiger partial charge is 0.242 e. The summed E-state index contributed by atoms with van der Waals surface area (Å²) >= 11 is 3.45. The minimum absolute atomic E-state index is 0.00541. The van der Waals surface area contributed by atoms with Crippen LogP contribution in [0.25, 0.3) is 0 Å². The van der Waals surface area contributed by atoms with Gasteiger partial charge in [0.25, 0.3) is 0 Å². The van der Waals surface area contributed by atoms with Crippen LogP contribution in [0.15, 0.2) is 59.1 Å². The molecular weight excluding hydrogens is 428 g/mol. The predicted octanol–water partition coefficient (Wildman–Crippen LogP) is 4.86. The van der Waals surface area contributed by atoms with Gasteiger partial charge in [0.2, 0.25) is 11.8 Å². The lowest BCUT2D eigenvalue weighted by Crippen LogP contribution is -2.49. The topological polar surface area (TPSA) is 49.4 Å². The lowest BCUT2D eigenvalue weighted by atomic mass is 10.1. The van der Waals surface area contributed by atoms with Crippen molar-refractivity contribution in [2.45, 2.75) is 64.1 Å². The van der Waals surface area contributed by atoms with Crippen LogP contribution < -0.4 is 5.32 Å². The van der Waals surface area contributed by atoms with E-state index in [9.17, 15) is 9.59 Å². The molecule has 154 valence electrons. The third-order valence-corrected chi connectivity index (χ3v) is 6.13. The standard InChI is InChI=1S/C24H29BrN2O2/c1-18(24(29)26-22-9-5-6-10-22)27(17-20-11-14-21(25)15-12-20)23(28)16-13-19-7-3-2-4-8-19/h2-4,7-8,11-12,14-15,18,22H,5-6,9-10,13,16-17H2,1H3,(H,26,29)/t18-/m0/s1. The van der Waals surface area contributed by atoms with E-state index in [0.29, 0.717) is 19.4 Å². The molecule has 4 nitrogen and oxygen atoms in total. The van der Waals surface area contributed by atoms with Gasteiger partial charge in [-0.25, -0.2) is 0 Å². The van der Waals surface area contributed by atoms with Gasteiger partial charge in [-0.3, -0.25) is 9.59 Å². The molecule has 0 unspecified atom stereocenters. The normalized spacial score (nSPS) is 15.1. The number of carbonyl (C=O) groups is 2. The zero-order valence-corrected chi connectivity index (χ0v) is 18.5. The zero-order valence-electron chi connectivity index (χ0n) is 16.9. The van der Waals surface area contributed by atoms with Crippen LogP contribution in [0.3, 0.4) is 0 Å². The second-order valence-corrected chi connectivity index (χ2v) is 8.72. The molecule has 0 spiro atoms. The van der Waals surface area contributed by atoms with Crippen molar-refractivity contribution in [3.63, 3.8) is 0 Å². The van der Waals surface area contributed by atoms with Crippen molar-refractivity contribution < 1.29 is 9.59 Å². The number of hydrogen-bond acceptors (Lipinski definition) is 2. The molecule has 1 N–H and O–H groups in total. The molecule has 2 aromatic carbocycles. The molecule has 0 aliphatic heterocycles. The van der Waals surface area contributed by atoms with E-state index in [-0.39, 0.29) is 17.9 Å². The molecule has 5 heteroatoms. The van der Waals surface area contributed by atoms with E-state index in [0.717, 1.165) is 41.3 Å². The summed E-state index contributed by atoms with van der Waals surface area (Å²) in [5, 5.41) is 3.14. The monoisotopic (exact) mass is 456 g/mol. The van der Waals surface area contributed by atoms with Crippen molar-refractivity contribution >= 4 is 27.7 Å². The fourth-order valence-corrected chi connectivity index (χ4v) is 4.06. The summed E-state index contributed by atoms with van der Waals surface area (Å²) in [5.41, 5.74) is 2.15. The van der Waals surface area contributed by atoms with E-state index in [1.54, 1.807) is 4.90 Å². The number of nitrogens with zero attached hydrogens (tertiary/aromatic N) is 1. The van der Waals surface area contributed by atoms with Crippen molar-refractivity contribution in [2.24, 2.45) is 0 Å². The van der Waals surface area contributed by atoms with Crippen molar-refractivity contribution in [1.82, 2.24) is 10.2 Å². The summed E-state index contributed by atoms with van der Waals surface area (Å²) in [6.45, 7) is 2.27. The average Bonchev–Trinajstić information content (AvgIpc) is 3.25. The van der Waals surface area contributed by atoms with Crippen molar-refractivity contribution in [3.05, 3.63) is 70.2 Å². The molecule has 0 bridgehead atoms. The Morgan fingerprint density at radius 3 is 2.34 bits per heavy atom. The summed E-state index contributed by atoms with van der Waals surface area (Å²) in [5.74, 6) is -0.0482. The molecule has 0 heterocycles. The van der Waals surface area contributed by atoms with Gasteiger partial charge in [0.15, 0.2) is 0 Å². The van der Waals surface area contributed by atoms with Crippen molar-refractivity contribution in [3.8, 4) is 0 Å². The Bertz CT molecular complexity index is 801. The predicted molar refractivity (Wildman–Crippen MR) is 119 cm³/mol. The van der Waals surface area contributed by atoms with E-state index in [1.807, 2.05) is 61.5 Å². The average molecular weight is 457 g/mol. The first-order chi connectivity index (χ1) is 14.0. The molecule has 1 aliphatic rings. The molecule has 1 fully saturated rings. The first-order valence-electron chi connectivity index (χ1n) is 10.4. The Morgan fingerprint density at radius 2 is 1.69 bits per heavy atom. The fraction of sp³-hybridized carbons (Fsp3) is 0.417. The van der Waals surface area contributed by atoms with Crippen LogP contribution in [0.5, 0.6) is 0 Å². The molecule has 1 saturated carbocycles. The highest BCUT2D eigenvalue weighted by molar-refractivity contribution is 9.10. The van der Waals surface area contributed by atoms with Crippen LogP contribution >= 0.6 is 15.9 Å². The number of nitrogens with one attached hydrogen (secondary N) is 1. The first-order valence-corrected chi connectivity index (χ1v) is 11.2. The van der Waals surface area contributed by atoms with Crippen LogP contribution in [0.1, 0.15) is 50.2 Å². The molecule has 3 rings (SSSR count). The number of aryl methyl sites for hydroxylation is 1. The lowest BCUT2D eigenvalue weighted by molar-refractivity contribution is -0.140. The van der Waals surface area contributed by atoms with Gasteiger partial charge in [0.1, 0.15) is 6.04 Å². The second kappa shape index (κ2) is 10.6. The van der Waals surface area contributed by atoms with Gasteiger partial charge in [-0.1, -0.05) is 71.2 Å². The number of carbonyl (C=O) groups excluding carboxylic acids is 2. The van der Waals surface area contributed by atoms with Gasteiger partial charge in [0, 0.05) is 23.5 Å². The van der Waals surface area contributed by atoms with Gasteiger partial charge in [0.05, 0.1) is 0 Å². The summed E-state index contributed by atoms with van der Waals surface area (Å²) < 4.78 is 0.996. The van der Waals surface area contributed by atoms with Crippen LogP contribution in [-0.4, -0.2) is 28.8 Å². The molecule has 0 aromatic heterocycles. The second-order valence-electron chi connectivity index (χ2n) is 7.80. The highest BCUT2D eigenvalue weighted by Gasteiger charge is 2.28. The maximum absolute atomic E-state index is 13.1. The Labute approximate surface area is 181 Å². The minimum atomic E-state index is -0.498. The Balaban J connectivity index is 1.69. The number of halogens is 1. The maximum Gasteiger partial charge on any atom is 0.242 e. The third-order valence-electron chi connectivity index (χ3n) is 5.61. The molecule has 2 aromatic rings. The molecule has 1 aliphatic carbocycles. The van der Waals surface area contributed by atoms with Crippen LogP contribution in [0, 0.1) is 0 Å². The van der Waals surface area contributed by atoms with Gasteiger partial charge in [-0.2, -0.15) is 0 Å². The summed E-state index contributed by atoms with van der Waals surface area (Å²) in [4.78, 5) is 27.7. The lowest BCUT2D eigenvalue weighted by Gasteiger charge is -2.30. The molecule has 29 heavy (non-hydrogen) atoms. The van der Waals surface area contributed by atoms with E-state index in [2.05, 4.69) is 21.2 Å². The Morgan fingerprint density at radius 1 is 1.03 bits per heavy atom. The van der Waals surface area contributed by atoms with Crippen LogP contribution in [-0.2, 0) is 22.6 Å². The van der Waals surface area contributed by atoms with Gasteiger partial charge < -0.3 is 10.2 Å². The summed E-state index contributed by atoms with van der Waals surface area (Å²) in [6.07, 6.45) is 5.46. The third kappa shape index (κ3) is 6.43. The number of benzene rings is 2. The molecule has 0 saturated heterocycles. The molecular formula is C24H29BrN2O2. The Hall–Kier alpha value is -2.14. The number of hydrogen-bond donors (Lipinski definition) is 1. The van der Waals surface area contributed by atoms with Crippen LogP contribution in [0.2, 0.25) is 0 Å². The van der Waals surface area contributed by atoms with Crippen molar-refractivity contribution in [1.29, 1.82) is 0 Å². The highest BCUT2D eigenvalue weighted by Crippen LogP contribution is 2.19. The van der Waals surface area contributed by atoms with Gasteiger partial charge >= 0.3 is 0 Å². The van der Waals surface area contributed by atoms with E-state index in [4.69, 9.17) is 0 Å². The first kappa shape index (κ1) is 21.6. The fourth-order valence-electron chi connectivity index (χ4n) is 3.80. The summed E-state index contributed by atoms with van der Waals surface area (Å²) in [6, 6.07) is 17.7. The number of amides is 2. The molecule has 0 radical (unpaired) electrons. The molecule has 2 amide bonds.